The molecule has 0 radical (unpaired) electrons. The Morgan fingerprint density at radius 3 is 2.76 bits per heavy atom. The van der Waals surface area contributed by atoms with Gasteiger partial charge in [-0.3, -0.25) is 4.79 Å². The molecule has 0 aliphatic rings. The third kappa shape index (κ3) is 3.79. The predicted molar refractivity (Wildman–Crippen MR) is 79.6 cm³/mol. The fraction of sp³-hybridized carbons (Fsp3) is 0.133. The van der Waals surface area contributed by atoms with Gasteiger partial charge in [0.1, 0.15) is 5.82 Å². The van der Waals surface area contributed by atoms with Crippen LogP contribution in [0.5, 0.6) is 0 Å². The summed E-state index contributed by atoms with van der Waals surface area (Å²) in [6.07, 6.45) is 1.43. The lowest BCUT2D eigenvalue weighted by atomic mass is 10.2. The zero-order valence-electron chi connectivity index (χ0n) is 11.3. The van der Waals surface area contributed by atoms with E-state index in [2.05, 4.69) is 10.3 Å². The highest BCUT2D eigenvalue weighted by atomic mass is 35.5. The summed E-state index contributed by atoms with van der Waals surface area (Å²) in [4.78, 5) is 27.7. The van der Waals surface area contributed by atoms with Gasteiger partial charge in [-0.05, 0) is 31.2 Å². The Hall–Kier alpha value is -2.40. The molecule has 108 valence electrons. The van der Waals surface area contributed by atoms with Crippen molar-refractivity contribution in [1.82, 2.24) is 4.98 Å². The third-order valence-corrected chi connectivity index (χ3v) is 2.96. The number of rotatable bonds is 4. The van der Waals surface area contributed by atoms with Gasteiger partial charge in [-0.25, -0.2) is 9.78 Å². The number of amides is 1. The molecule has 6 heteroatoms. The summed E-state index contributed by atoms with van der Waals surface area (Å²) in [6, 6.07) is 9.64. The topological polar surface area (TPSA) is 68.3 Å². The van der Waals surface area contributed by atoms with Crippen molar-refractivity contribution >= 4 is 29.3 Å². The molecule has 0 bridgehead atoms. The molecule has 0 unspecified atom stereocenters. The standard InChI is InChI=1S/C15H13ClN2O3/c1-2-21-15(20)10-7-8-17-13(9-10)18-14(19)11-5-3-4-6-12(11)16/h3-9H,2H2,1H3,(H,17,18,19). The molecule has 0 fully saturated rings. The number of carbonyl (C=O) groups excluding carboxylic acids is 2. The largest absolute Gasteiger partial charge is 0.462 e. The summed E-state index contributed by atoms with van der Waals surface area (Å²) in [6.45, 7) is 2.00. The number of esters is 1. The molecule has 0 saturated carbocycles. The van der Waals surface area contributed by atoms with Crippen LogP contribution in [0.4, 0.5) is 5.82 Å². The minimum atomic E-state index is -0.465. The van der Waals surface area contributed by atoms with Gasteiger partial charge in [-0.2, -0.15) is 0 Å². The van der Waals surface area contributed by atoms with Gasteiger partial charge in [0.15, 0.2) is 0 Å². The summed E-state index contributed by atoms with van der Waals surface area (Å²) in [5, 5.41) is 2.94. The Bertz CT molecular complexity index is 673. The summed E-state index contributed by atoms with van der Waals surface area (Å²) in [5.41, 5.74) is 0.656. The molecule has 0 aliphatic carbocycles. The van der Waals surface area contributed by atoms with Crippen molar-refractivity contribution in [3.8, 4) is 0 Å². The van der Waals surface area contributed by atoms with Crippen molar-refractivity contribution < 1.29 is 14.3 Å². The fourth-order valence-electron chi connectivity index (χ4n) is 1.67. The molecular weight excluding hydrogens is 292 g/mol. The number of anilines is 1. The molecule has 2 rings (SSSR count). The number of hydrogen-bond acceptors (Lipinski definition) is 4. The number of aromatic nitrogens is 1. The molecule has 0 saturated heterocycles. The normalized spacial score (nSPS) is 10.0. The van der Waals surface area contributed by atoms with Crippen LogP contribution in [0.2, 0.25) is 5.02 Å². The molecule has 1 aromatic carbocycles. The van der Waals surface area contributed by atoms with E-state index in [1.165, 1.54) is 18.3 Å². The van der Waals surface area contributed by atoms with Crippen LogP contribution < -0.4 is 5.32 Å². The minimum Gasteiger partial charge on any atom is -0.462 e. The maximum Gasteiger partial charge on any atom is 0.338 e. The van der Waals surface area contributed by atoms with Gasteiger partial charge in [0.05, 0.1) is 22.8 Å². The molecule has 0 spiro atoms. The van der Waals surface area contributed by atoms with Crippen molar-refractivity contribution in [2.45, 2.75) is 6.92 Å². The number of pyridine rings is 1. The van der Waals surface area contributed by atoms with Gasteiger partial charge < -0.3 is 10.1 Å². The Labute approximate surface area is 126 Å². The van der Waals surface area contributed by atoms with E-state index in [-0.39, 0.29) is 12.4 Å². The third-order valence-electron chi connectivity index (χ3n) is 2.63. The number of hydrogen-bond donors (Lipinski definition) is 1. The quantitative estimate of drug-likeness (QED) is 0.881. The number of benzene rings is 1. The van der Waals surface area contributed by atoms with Crippen molar-refractivity contribution in [2.24, 2.45) is 0 Å². The van der Waals surface area contributed by atoms with Crippen LogP contribution >= 0.6 is 11.6 Å². The van der Waals surface area contributed by atoms with Crippen LogP contribution in [0.1, 0.15) is 27.6 Å². The lowest BCUT2D eigenvalue weighted by Crippen LogP contribution is -2.14. The van der Waals surface area contributed by atoms with Gasteiger partial charge >= 0.3 is 5.97 Å². The first kappa shape index (κ1) is 15.0. The first-order chi connectivity index (χ1) is 10.1. The molecule has 0 atom stereocenters. The van der Waals surface area contributed by atoms with Crippen LogP contribution in [0, 0.1) is 0 Å². The second-order valence-corrected chi connectivity index (χ2v) is 4.49. The lowest BCUT2D eigenvalue weighted by molar-refractivity contribution is 0.0526. The van der Waals surface area contributed by atoms with E-state index in [1.807, 2.05) is 0 Å². The maximum absolute atomic E-state index is 12.1. The highest BCUT2D eigenvalue weighted by Crippen LogP contribution is 2.17. The molecule has 1 heterocycles. The van der Waals surface area contributed by atoms with Crippen molar-refractivity contribution in [2.75, 3.05) is 11.9 Å². The Morgan fingerprint density at radius 1 is 1.29 bits per heavy atom. The second kappa shape index (κ2) is 6.85. The summed E-state index contributed by atoms with van der Waals surface area (Å²) < 4.78 is 4.89. The van der Waals surface area contributed by atoms with Crippen molar-refractivity contribution in [1.29, 1.82) is 0 Å². The van der Waals surface area contributed by atoms with Gasteiger partial charge in [0.2, 0.25) is 0 Å². The van der Waals surface area contributed by atoms with Crippen molar-refractivity contribution in [3.63, 3.8) is 0 Å². The molecular formula is C15H13ClN2O3. The maximum atomic E-state index is 12.1. The number of ether oxygens (including phenoxy) is 1. The molecule has 0 aliphatic heterocycles. The average molecular weight is 305 g/mol. The van der Waals surface area contributed by atoms with Crippen LogP contribution in [0.3, 0.4) is 0 Å². The summed E-state index contributed by atoms with van der Waals surface area (Å²) >= 11 is 5.95. The summed E-state index contributed by atoms with van der Waals surface area (Å²) in [7, 11) is 0. The van der Waals surface area contributed by atoms with Crippen LogP contribution in [-0.4, -0.2) is 23.5 Å². The molecule has 5 nitrogen and oxygen atoms in total. The van der Waals surface area contributed by atoms with Gasteiger partial charge in [0.25, 0.3) is 5.91 Å². The smallest absolute Gasteiger partial charge is 0.338 e. The molecule has 1 aromatic heterocycles. The highest BCUT2D eigenvalue weighted by Gasteiger charge is 2.12. The molecule has 1 amide bonds. The minimum absolute atomic E-state index is 0.255. The first-order valence-corrected chi connectivity index (χ1v) is 6.68. The lowest BCUT2D eigenvalue weighted by Gasteiger charge is -2.07. The second-order valence-electron chi connectivity index (χ2n) is 4.08. The molecule has 2 aromatic rings. The summed E-state index contributed by atoms with van der Waals surface area (Å²) in [5.74, 6) is -0.604. The number of halogens is 1. The van der Waals surface area contributed by atoms with Gasteiger partial charge in [-0.15, -0.1) is 0 Å². The van der Waals surface area contributed by atoms with Crippen molar-refractivity contribution in [3.05, 3.63) is 58.7 Å². The SMILES string of the molecule is CCOC(=O)c1ccnc(NC(=O)c2ccccc2Cl)c1. The van der Waals surface area contributed by atoms with Crippen LogP contribution in [0.15, 0.2) is 42.6 Å². The molecule has 1 N–H and O–H groups in total. The van der Waals surface area contributed by atoms with E-state index in [9.17, 15) is 9.59 Å². The number of nitrogens with one attached hydrogen (secondary N) is 1. The fourth-order valence-corrected chi connectivity index (χ4v) is 1.89. The average Bonchev–Trinajstić information content (AvgIpc) is 2.48. The number of carbonyl (C=O) groups is 2. The van der Waals surface area contributed by atoms with E-state index in [0.29, 0.717) is 16.1 Å². The van der Waals surface area contributed by atoms with E-state index < -0.39 is 11.9 Å². The van der Waals surface area contributed by atoms with E-state index in [4.69, 9.17) is 16.3 Å². The Balaban J connectivity index is 2.17. The van der Waals surface area contributed by atoms with Gasteiger partial charge in [0, 0.05) is 6.20 Å². The Kier molecular flexibility index (Phi) is 4.90. The zero-order valence-corrected chi connectivity index (χ0v) is 12.1. The van der Waals surface area contributed by atoms with Gasteiger partial charge in [-0.1, -0.05) is 23.7 Å². The van der Waals surface area contributed by atoms with Crippen LogP contribution in [-0.2, 0) is 4.74 Å². The van der Waals surface area contributed by atoms with E-state index in [0.717, 1.165) is 0 Å². The monoisotopic (exact) mass is 304 g/mol. The number of nitrogens with zero attached hydrogens (tertiary/aromatic N) is 1. The van der Waals surface area contributed by atoms with Crippen LogP contribution in [0.25, 0.3) is 0 Å². The molecule has 21 heavy (non-hydrogen) atoms. The first-order valence-electron chi connectivity index (χ1n) is 6.31. The Morgan fingerprint density at radius 2 is 2.05 bits per heavy atom. The zero-order chi connectivity index (χ0) is 15.2. The van der Waals surface area contributed by atoms with E-state index in [1.54, 1.807) is 31.2 Å². The predicted octanol–water partition coefficient (Wildman–Crippen LogP) is 3.16. The van der Waals surface area contributed by atoms with E-state index >= 15 is 0 Å². The highest BCUT2D eigenvalue weighted by molar-refractivity contribution is 6.34.